The molecule has 3 N–H and O–H groups in total. The summed E-state index contributed by atoms with van der Waals surface area (Å²) in [6.45, 7) is 9.66. The fourth-order valence-electron chi connectivity index (χ4n) is 9.04. The Morgan fingerprint density at radius 1 is 0.879 bits per heavy atom. The second-order valence-corrected chi connectivity index (χ2v) is 17.1. The maximum absolute atomic E-state index is 13.3. The van der Waals surface area contributed by atoms with Gasteiger partial charge in [-0.2, -0.15) is 0 Å². The lowest BCUT2D eigenvalue weighted by molar-refractivity contribution is -0.155. The SMILES string of the molecule is CC(C)(C)OC(=O)CC[C@@H](C(N)=O)N1Cc2cc(OCCC3CCCN(CCOc4ccc([C@H]5c6ccc(O)cc6CC[C@H]5c5ccccc5)cc4)C3)ccc2C1=O. The summed E-state index contributed by atoms with van der Waals surface area (Å²) in [6.07, 6.45) is 5.28. The molecule has 10 nitrogen and oxygen atoms in total. The molecule has 0 spiro atoms. The van der Waals surface area contributed by atoms with E-state index in [0.717, 1.165) is 63.1 Å². The molecule has 4 atom stereocenters. The van der Waals surface area contributed by atoms with Crippen molar-refractivity contribution in [3.63, 3.8) is 0 Å². The van der Waals surface area contributed by atoms with Gasteiger partial charge in [0.05, 0.1) is 6.61 Å². The van der Waals surface area contributed by atoms with Crippen LogP contribution in [0.5, 0.6) is 17.2 Å². The molecule has 1 unspecified atom stereocenters. The smallest absolute Gasteiger partial charge is 0.306 e. The van der Waals surface area contributed by atoms with E-state index in [2.05, 4.69) is 65.6 Å². The summed E-state index contributed by atoms with van der Waals surface area (Å²) in [5.41, 5.74) is 11.5. The number of amides is 2. The molecule has 0 saturated carbocycles. The van der Waals surface area contributed by atoms with Gasteiger partial charge in [0.2, 0.25) is 5.91 Å². The number of carbonyl (C=O) groups is 3. The number of piperidine rings is 1. The summed E-state index contributed by atoms with van der Waals surface area (Å²) in [6, 6.07) is 29.7. The molecule has 1 aliphatic carbocycles. The molecule has 7 rings (SSSR count). The van der Waals surface area contributed by atoms with Crippen LogP contribution in [-0.2, 0) is 27.3 Å². The highest BCUT2D eigenvalue weighted by Gasteiger charge is 2.36. The largest absolute Gasteiger partial charge is 0.508 e. The zero-order valence-corrected chi connectivity index (χ0v) is 34.0. The molecule has 58 heavy (non-hydrogen) atoms. The predicted octanol–water partition coefficient (Wildman–Crippen LogP) is 7.75. The number of likely N-dealkylation sites (tertiary alicyclic amines) is 1. The minimum Gasteiger partial charge on any atom is -0.508 e. The van der Waals surface area contributed by atoms with Crippen LogP contribution in [0.3, 0.4) is 0 Å². The molecule has 1 fully saturated rings. The number of primary amides is 1. The Hall–Kier alpha value is -5.35. The maximum Gasteiger partial charge on any atom is 0.306 e. The molecule has 1 saturated heterocycles. The van der Waals surface area contributed by atoms with E-state index < -0.39 is 23.5 Å². The van der Waals surface area contributed by atoms with Crippen molar-refractivity contribution in [3.05, 3.63) is 124 Å². The summed E-state index contributed by atoms with van der Waals surface area (Å²) in [7, 11) is 0. The Labute approximate surface area is 342 Å². The fraction of sp³-hybridized carbons (Fsp3) is 0.438. The number of rotatable bonds is 15. The Morgan fingerprint density at radius 2 is 1.64 bits per heavy atom. The number of ether oxygens (including phenoxy) is 3. The number of phenolic OH excluding ortho intramolecular Hbond substituents is 1. The number of carbonyl (C=O) groups excluding carboxylic acids is 3. The van der Waals surface area contributed by atoms with Crippen molar-refractivity contribution >= 4 is 17.8 Å². The Morgan fingerprint density at radius 3 is 2.40 bits per heavy atom. The van der Waals surface area contributed by atoms with Crippen LogP contribution in [0.1, 0.15) is 109 Å². The number of hydrogen-bond acceptors (Lipinski definition) is 8. The Kier molecular flexibility index (Phi) is 12.7. The molecule has 306 valence electrons. The van der Waals surface area contributed by atoms with Crippen LogP contribution in [0, 0.1) is 5.92 Å². The van der Waals surface area contributed by atoms with Gasteiger partial charge >= 0.3 is 5.97 Å². The van der Waals surface area contributed by atoms with E-state index in [1.54, 1.807) is 32.9 Å². The lowest BCUT2D eigenvalue weighted by Crippen LogP contribution is -2.45. The average molecular weight is 788 g/mol. The molecule has 2 amide bonds. The minimum atomic E-state index is -0.909. The van der Waals surface area contributed by atoms with Gasteiger partial charge in [-0.1, -0.05) is 48.5 Å². The molecular formula is C48H57N3O7. The van der Waals surface area contributed by atoms with E-state index in [0.29, 0.717) is 42.1 Å². The first-order valence-corrected chi connectivity index (χ1v) is 20.8. The van der Waals surface area contributed by atoms with Gasteiger partial charge in [-0.15, -0.1) is 0 Å². The summed E-state index contributed by atoms with van der Waals surface area (Å²) >= 11 is 0. The molecule has 4 aromatic rings. The van der Waals surface area contributed by atoms with Crippen molar-refractivity contribution in [2.45, 2.75) is 95.7 Å². The standard InChI is InChI=1S/C48H57N3O7/c1-48(2,3)58-44(53)22-21-43(46(49)54)51-31-36-29-39(17-20-42(36)47(51)55)56-26-23-32-8-7-24-50(30-32)25-27-57-38-15-11-34(12-16-38)45-40(33-9-5-4-6-10-33)18-13-35-28-37(52)14-19-41(35)45/h4-6,9-12,14-17,19-20,28-29,32,40,43,45,52H,7-8,13,18,21-27,30-31H2,1-3H3,(H2,49,54)/t32?,40-,43-,45+/m0/s1. The molecule has 2 aliphatic heterocycles. The second kappa shape index (κ2) is 18.1. The summed E-state index contributed by atoms with van der Waals surface area (Å²) < 4.78 is 17.8. The number of benzene rings is 4. The third-order valence-corrected chi connectivity index (χ3v) is 11.8. The predicted molar refractivity (Wildman–Crippen MR) is 223 cm³/mol. The van der Waals surface area contributed by atoms with Crippen LogP contribution in [0.2, 0.25) is 0 Å². The number of nitrogens with two attached hydrogens (primary N) is 1. The van der Waals surface area contributed by atoms with Crippen molar-refractivity contribution in [1.82, 2.24) is 9.80 Å². The van der Waals surface area contributed by atoms with Gasteiger partial charge in [0.15, 0.2) is 0 Å². The van der Waals surface area contributed by atoms with Gasteiger partial charge in [0, 0.05) is 37.5 Å². The van der Waals surface area contributed by atoms with E-state index >= 15 is 0 Å². The molecular weight excluding hydrogens is 731 g/mol. The quantitative estimate of drug-likeness (QED) is 0.117. The highest BCUT2D eigenvalue weighted by molar-refractivity contribution is 6.01. The minimum absolute atomic E-state index is 0.0141. The van der Waals surface area contributed by atoms with E-state index in [-0.39, 0.29) is 31.2 Å². The van der Waals surface area contributed by atoms with Crippen LogP contribution in [0.4, 0.5) is 0 Å². The van der Waals surface area contributed by atoms with Gasteiger partial charge in [-0.25, -0.2) is 0 Å². The summed E-state index contributed by atoms with van der Waals surface area (Å²) in [5.74, 6) is 1.60. The van der Waals surface area contributed by atoms with Crippen LogP contribution < -0.4 is 15.2 Å². The molecule has 4 aromatic carbocycles. The van der Waals surface area contributed by atoms with E-state index in [1.165, 1.54) is 27.2 Å². The number of phenols is 1. The first kappa shape index (κ1) is 40.8. The van der Waals surface area contributed by atoms with Crippen LogP contribution in [0.25, 0.3) is 0 Å². The topological polar surface area (TPSA) is 132 Å². The Bertz CT molecular complexity index is 2060. The van der Waals surface area contributed by atoms with E-state index in [1.807, 2.05) is 18.2 Å². The molecule has 3 aliphatic rings. The molecule has 2 heterocycles. The number of fused-ring (bicyclic) bond motifs is 2. The fourth-order valence-corrected chi connectivity index (χ4v) is 9.04. The summed E-state index contributed by atoms with van der Waals surface area (Å²) in [4.78, 5) is 41.8. The molecule has 0 bridgehead atoms. The van der Waals surface area contributed by atoms with Gasteiger partial charge in [-0.3, -0.25) is 19.3 Å². The van der Waals surface area contributed by atoms with Gasteiger partial charge < -0.3 is 30.0 Å². The average Bonchev–Trinajstić information content (AvgIpc) is 3.52. The molecule has 10 heteroatoms. The van der Waals surface area contributed by atoms with Gasteiger partial charge in [0.1, 0.15) is 35.5 Å². The van der Waals surface area contributed by atoms with Crippen molar-refractivity contribution < 1.29 is 33.7 Å². The van der Waals surface area contributed by atoms with Crippen LogP contribution >= 0.6 is 0 Å². The van der Waals surface area contributed by atoms with Crippen molar-refractivity contribution in [1.29, 1.82) is 0 Å². The number of esters is 1. The third-order valence-electron chi connectivity index (χ3n) is 11.8. The van der Waals surface area contributed by atoms with Crippen molar-refractivity contribution in [2.75, 3.05) is 32.8 Å². The van der Waals surface area contributed by atoms with Crippen LogP contribution in [-0.4, -0.2) is 77.2 Å². The van der Waals surface area contributed by atoms with E-state index in [4.69, 9.17) is 19.9 Å². The first-order chi connectivity index (χ1) is 27.9. The first-order valence-electron chi connectivity index (χ1n) is 20.8. The number of hydrogen-bond donors (Lipinski definition) is 2. The third kappa shape index (κ3) is 10.0. The zero-order chi connectivity index (χ0) is 40.8. The molecule has 0 radical (unpaired) electrons. The Balaban J connectivity index is 0.870. The number of aromatic hydroxyl groups is 1. The lowest BCUT2D eigenvalue weighted by Gasteiger charge is -2.35. The second-order valence-electron chi connectivity index (χ2n) is 17.1. The normalized spacial score (nSPS) is 19.9. The van der Waals surface area contributed by atoms with Crippen molar-refractivity contribution in [3.8, 4) is 17.2 Å². The highest BCUT2D eigenvalue weighted by Crippen LogP contribution is 2.47. The monoisotopic (exact) mass is 787 g/mol. The number of aryl methyl sites for hydroxylation is 1. The summed E-state index contributed by atoms with van der Waals surface area (Å²) in [5, 5.41) is 10.2. The van der Waals surface area contributed by atoms with Gasteiger partial charge in [-0.05, 0) is 148 Å². The van der Waals surface area contributed by atoms with Gasteiger partial charge in [0.25, 0.3) is 5.91 Å². The van der Waals surface area contributed by atoms with E-state index in [9.17, 15) is 19.5 Å². The number of nitrogens with zero attached hydrogens (tertiary/aromatic N) is 2. The lowest BCUT2D eigenvalue weighted by atomic mass is 9.69. The maximum atomic E-state index is 13.3. The molecule has 0 aromatic heterocycles. The van der Waals surface area contributed by atoms with Crippen molar-refractivity contribution in [2.24, 2.45) is 11.7 Å². The zero-order valence-electron chi connectivity index (χ0n) is 34.0. The highest BCUT2D eigenvalue weighted by atomic mass is 16.6. The van der Waals surface area contributed by atoms with Crippen LogP contribution in [0.15, 0.2) is 91.0 Å².